The van der Waals surface area contributed by atoms with E-state index in [4.69, 9.17) is 4.74 Å². The van der Waals surface area contributed by atoms with Crippen LogP contribution in [-0.2, 0) is 0 Å². The summed E-state index contributed by atoms with van der Waals surface area (Å²) in [6.45, 7) is 3.13. The number of pyridine rings is 1. The summed E-state index contributed by atoms with van der Waals surface area (Å²) < 4.78 is 22.5. The molecule has 0 atom stereocenters. The van der Waals surface area contributed by atoms with Crippen LogP contribution in [0.3, 0.4) is 0 Å². The first kappa shape index (κ1) is 16.6. The van der Waals surface area contributed by atoms with Crippen molar-refractivity contribution < 1.29 is 9.13 Å². The van der Waals surface area contributed by atoms with E-state index < -0.39 is 0 Å². The Bertz CT molecular complexity index is 810. The molecule has 0 fully saturated rings. The molecule has 120 valence electrons. The van der Waals surface area contributed by atoms with Crippen LogP contribution in [0.4, 0.5) is 4.39 Å². The molecule has 0 aliphatic heterocycles. The second-order valence-corrected chi connectivity index (χ2v) is 7.91. The Labute approximate surface area is 149 Å². The van der Waals surface area contributed by atoms with Gasteiger partial charge >= 0.3 is 0 Å². The Morgan fingerprint density at radius 1 is 1.30 bits per heavy atom. The molecule has 0 saturated carbocycles. The van der Waals surface area contributed by atoms with Crippen molar-refractivity contribution in [1.82, 2.24) is 14.7 Å². The standard InChI is InChI=1S/C15H13BrFN3OS2/c1-9-8-12(19-14-13(9)20-15(16)22-14)21-7-6-18-23-11-4-2-10(17)3-5-11/h2-5,8,18H,6-7H2,1H3. The van der Waals surface area contributed by atoms with Gasteiger partial charge in [-0.2, -0.15) is 0 Å². The van der Waals surface area contributed by atoms with E-state index in [-0.39, 0.29) is 5.82 Å². The van der Waals surface area contributed by atoms with Crippen molar-refractivity contribution in [3.8, 4) is 5.88 Å². The van der Waals surface area contributed by atoms with Gasteiger partial charge < -0.3 is 4.74 Å². The first-order valence-electron chi connectivity index (χ1n) is 6.83. The van der Waals surface area contributed by atoms with E-state index in [1.54, 1.807) is 12.1 Å². The van der Waals surface area contributed by atoms with Crippen molar-refractivity contribution in [1.29, 1.82) is 0 Å². The average Bonchev–Trinajstić information content (AvgIpc) is 2.90. The van der Waals surface area contributed by atoms with Gasteiger partial charge in [-0.25, -0.2) is 14.4 Å². The molecular weight excluding hydrogens is 401 g/mol. The Morgan fingerprint density at radius 2 is 2.09 bits per heavy atom. The van der Waals surface area contributed by atoms with Crippen LogP contribution in [0.15, 0.2) is 39.1 Å². The summed E-state index contributed by atoms with van der Waals surface area (Å²) >= 11 is 6.30. The van der Waals surface area contributed by atoms with E-state index in [1.165, 1.54) is 35.4 Å². The molecule has 2 aromatic heterocycles. The number of rotatable bonds is 6. The minimum absolute atomic E-state index is 0.232. The summed E-state index contributed by atoms with van der Waals surface area (Å²) in [5.74, 6) is 0.365. The highest BCUT2D eigenvalue weighted by molar-refractivity contribution is 9.11. The zero-order valence-electron chi connectivity index (χ0n) is 12.2. The van der Waals surface area contributed by atoms with Crippen molar-refractivity contribution in [3.63, 3.8) is 0 Å². The fraction of sp³-hybridized carbons (Fsp3) is 0.200. The van der Waals surface area contributed by atoms with Crippen LogP contribution in [0.1, 0.15) is 5.56 Å². The van der Waals surface area contributed by atoms with Crippen molar-refractivity contribution >= 4 is 49.6 Å². The average molecular weight is 414 g/mol. The molecule has 0 unspecified atom stereocenters. The van der Waals surface area contributed by atoms with Gasteiger partial charge in [0.05, 0.1) is 0 Å². The molecule has 4 nitrogen and oxygen atoms in total. The van der Waals surface area contributed by atoms with E-state index in [9.17, 15) is 4.39 Å². The van der Waals surface area contributed by atoms with E-state index in [0.717, 1.165) is 24.7 Å². The molecule has 2 heterocycles. The number of aryl methyl sites for hydroxylation is 1. The topological polar surface area (TPSA) is 47.0 Å². The number of thiazole rings is 1. The minimum Gasteiger partial charge on any atom is -0.476 e. The molecule has 1 N–H and O–H groups in total. The molecule has 3 rings (SSSR count). The van der Waals surface area contributed by atoms with E-state index >= 15 is 0 Å². The third-order valence-electron chi connectivity index (χ3n) is 2.97. The number of fused-ring (bicyclic) bond motifs is 1. The summed E-state index contributed by atoms with van der Waals surface area (Å²) in [7, 11) is 0. The van der Waals surface area contributed by atoms with Crippen LogP contribution in [0.5, 0.6) is 5.88 Å². The quantitative estimate of drug-likeness (QED) is 0.473. The third kappa shape index (κ3) is 4.41. The number of ether oxygens (including phenoxy) is 1. The summed E-state index contributed by atoms with van der Waals surface area (Å²) in [6, 6.07) is 8.23. The summed E-state index contributed by atoms with van der Waals surface area (Å²) in [6.07, 6.45) is 0. The first-order valence-corrected chi connectivity index (χ1v) is 9.26. The van der Waals surface area contributed by atoms with Crippen LogP contribution in [-0.4, -0.2) is 23.1 Å². The smallest absolute Gasteiger partial charge is 0.215 e. The Hall–Kier alpha value is -1.22. The van der Waals surface area contributed by atoms with Crippen LogP contribution < -0.4 is 9.46 Å². The van der Waals surface area contributed by atoms with Gasteiger partial charge in [-0.05, 0) is 64.6 Å². The van der Waals surface area contributed by atoms with Crippen molar-refractivity contribution in [2.75, 3.05) is 13.2 Å². The van der Waals surface area contributed by atoms with Gasteiger partial charge in [-0.15, -0.1) is 0 Å². The number of nitrogens with zero attached hydrogens (tertiary/aromatic N) is 2. The molecule has 0 saturated heterocycles. The second kappa shape index (κ2) is 7.57. The Balaban J connectivity index is 1.49. The van der Waals surface area contributed by atoms with E-state index in [1.807, 2.05) is 13.0 Å². The van der Waals surface area contributed by atoms with Gasteiger partial charge in [0.1, 0.15) is 22.8 Å². The molecule has 0 radical (unpaired) electrons. The SMILES string of the molecule is Cc1cc(OCCNSc2ccc(F)cc2)nc2sc(Br)nc12. The van der Waals surface area contributed by atoms with Crippen LogP contribution >= 0.6 is 39.2 Å². The highest BCUT2D eigenvalue weighted by atomic mass is 79.9. The maximum atomic E-state index is 12.8. The number of hydrogen-bond donors (Lipinski definition) is 1. The Kier molecular flexibility index (Phi) is 5.47. The van der Waals surface area contributed by atoms with Gasteiger partial charge in [0, 0.05) is 17.5 Å². The lowest BCUT2D eigenvalue weighted by molar-refractivity contribution is 0.313. The zero-order valence-corrected chi connectivity index (χ0v) is 15.4. The fourth-order valence-corrected chi connectivity index (χ4v) is 3.91. The normalized spacial score (nSPS) is 11.1. The first-order chi connectivity index (χ1) is 11.1. The lowest BCUT2D eigenvalue weighted by Crippen LogP contribution is -2.14. The number of benzene rings is 1. The van der Waals surface area contributed by atoms with Gasteiger partial charge in [-0.1, -0.05) is 11.3 Å². The fourth-order valence-electron chi connectivity index (χ4n) is 1.91. The maximum absolute atomic E-state index is 12.8. The van der Waals surface area contributed by atoms with Gasteiger partial charge in [0.15, 0.2) is 3.92 Å². The molecule has 0 bridgehead atoms. The molecule has 8 heteroatoms. The predicted molar refractivity (Wildman–Crippen MR) is 95.6 cm³/mol. The lowest BCUT2D eigenvalue weighted by atomic mass is 10.3. The highest BCUT2D eigenvalue weighted by Gasteiger charge is 2.08. The zero-order chi connectivity index (χ0) is 16.2. The molecule has 23 heavy (non-hydrogen) atoms. The lowest BCUT2D eigenvalue weighted by Gasteiger charge is -2.07. The van der Waals surface area contributed by atoms with Crippen molar-refractivity contribution in [2.24, 2.45) is 0 Å². The largest absolute Gasteiger partial charge is 0.476 e. The second-order valence-electron chi connectivity index (χ2n) is 4.70. The molecular formula is C15H13BrFN3OS2. The van der Waals surface area contributed by atoms with Crippen LogP contribution in [0.25, 0.3) is 10.3 Å². The summed E-state index contributed by atoms with van der Waals surface area (Å²) in [4.78, 5) is 10.6. The number of nitrogens with one attached hydrogen (secondary N) is 1. The molecule has 3 aromatic rings. The number of aromatic nitrogens is 2. The van der Waals surface area contributed by atoms with Crippen molar-refractivity contribution in [3.05, 3.63) is 45.6 Å². The van der Waals surface area contributed by atoms with E-state index in [2.05, 4.69) is 30.6 Å². The molecule has 1 aromatic carbocycles. The summed E-state index contributed by atoms with van der Waals surface area (Å²) in [5, 5.41) is 0. The summed E-state index contributed by atoms with van der Waals surface area (Å²) in [5.41, 5.74) is 1.94. The number of halogens is 2. The van der Waals surface area contributed by atoms with E-state index in [0.29, 0.717) is 19.0 Å². The molecule has 0 aliphatic rings. The molecule has 0 aliphatic carbocycles. The molecule has 0 amide bonds. The van der Waals surface area contributed by atoms with Gasteiger partial charge in [-0.3, -0.25) is 4.72 Å². The van der Waals surface area contributed by atoms with Gasteiger partial charge in [0.2, 0.25) is 5.88 Å². The highest BCUT2D eigenvalue weighted by Crippen LogP contribution is 2.28. The third-order valence-corrected chi connectivity index (χ3v) is 5.22. The van der Waals surface area contributed by atoms with Crippen LogP contribution in [0, 0.1) is 12.7 Å². The Morgan fingerprint density at radius 3 is 2.87 bits per heavy atom. The number of hydrogen-bond acceptors (Lipinski definition) is 6. The van der Waals surface area contributed by atoms with Crippen LogP contribution in [0.2, 0.25) is 0 Å². The monoisotopic (exact) mass is 413 g/mol. The minimum atomic E-state index is -0.232. The van der Waals surface area contributed by atoms with Crippen molar-refractivity contribution in [2.45, 2.75) is 11.8 Å². The maximum Gasteiger partial charge on any atom is 0.215 e. The molecule has 0 spiro atoms. The predicted octanol–water partition coefficient (Wildman–Crippen LogP) is 4.58. The van der Waals surface area contributed by atoms with Gasteiger partial charge in [0.25, 0.3) is 0 Å².